The number of rotatable bonds is 4. The molecule has 0 spiro atoms. The minimum Gasteiger partial charge on any atom is -0.486 e. The Morgan fingerprint density at radius 1 is 1.07 bits per heavy atom. The van der Waals surface area contributed by atoms with Crippen LogP contribution in [0.25, 0.3) is 33.8 Å². The summed E-state index contributed by atoms with van der Waals surface area (Å²) in [4.78, 5) is 31.3. The van der Waals surface area contributed by atoms with Gasteiger partial charge in [0.1, 0.15) is 23.3 Å². The molecular weight excluding hydrogens is 384 g/mol. The summed E-state index contributed by atoms with van der Waals surface area (Å²) in [5.74, 6) is 0.582. The van der Waals surface area contributed by atoms with E-state index in [1.165, 1.54) is 6.26 Å². The summed E-state index contributed by atoms with van der Waals surface area (Å²) in [6.45, 7) is 4.08. The van der Waals surface area contributed by atoms with E-state index in [-0.39, 0.29) is 5.78 Å². The van der Waals surface area contributed by atoms with Gasteiger partial charge < -0.3 is 13.6 Å². The molecule has 4 aromatic rings. The van der Waals surface area contributed by atoms with Crippen LogP contribution in [-0.2, 0) is 0 Å². The van der Waals surface area contributed by atoms with Crippen LogP contribution in [0.1, 0.15) is 43.5 Å². The van der Waals surface area contributed by atoms with Crippen LogP contribution in [0.3, 0.4) is 0 Å². The molecule has 7 heteroatoms. The topological polar surface area (TPSA) is 98.3 Å². The lowest BCUT2D eigenvalue weighted by atomic mass is 9.85. The van der Waals surface area contributed by atoms with E-state index in [1.807, 2.05) is 32.0 Å². The summed E-state index contributed by atoms with van der Waals surface area (Å²) in [5, 5.41) is 0. The highest BCUT2D eigenvalue weighted by atomic mass is 16.5. The van der Waals surface area contributed by atoms with Gasteiger partial charge in [0, 0.05) is 11.1 Å². The van der Waals surface area contributed by atoms with E-state index in [0.717, 1.165) is 18.4 Å². The van der Waals surface area contributed by atoms with Crippen molar-refractivity contribution in [3.8, 4) is 28.5 Å². The van der Waals surface area contributed by atoms with E-state index in [9.17, 15) is 9.59 Å². The van der Waals surface area contributed by atoms with Gasteiger partial charge in [-0.15, -0.1) is 0 Å². The van der Waals surface area contributed by atoms with E-state index in [0.29, 0.717) is 46.0 Å². The predicted octanol–water partition coefficient (Wildman–Crippen LogP) is 4.97. The number of ketones is 1. The van der Waals surface area contributed by atoms with Gasteiger partial charge in [-0.25, -0.2) is 9.78 Å². The van der Waals surface area contributed by atoms with Gasteiger partial charge in [-0.05, 0) is 43.2 Å². The molecule has 3 heterocycles. The highest BCUT2D eigenvalue weighted by molar-refractivity contribution is 6.01. The Bertz CT molecular complexity index is 1320. The van der Waals surface area contributed by atoms with Crippen molar-refractivity contribution >= 4 is 16.9 Å². The summed E-state index contributed by atoms with van der Waals surface area (Å²) < 4.78 is 17.0. The molecule has 0 saturated heterocycles. The molecule has 1 aliphatic heterocycles. The third kappa shape index (κ3) is 2.94. The lowest BCUT2D eigenvalue weighted by Gasteiger charge is -2.36. The number of fused-ring (bicyclic) bond motifs is 2. The highest BCUT2D eigenvalue weighted by Crippen LogP contribution is 2.39. The Kier molecular flexibility index (Phi) is 4.13. The third-order valence-electron chi connectivity index (χ3n) is 5.85. The fourth-order valence-electron chi connectivity index (χ4n) is 3.92. The predicted molar refractivity (Wildman–Crippen MR) is 111 cm³/mol. The number of oxazole rings is 2. The minimum absolute atomic E-state index is 0.0708. The van der Waals surface area contributed by atoms with E-state index in [4.69, 9.17) is 13.6 Å². The Labute approximate surface area is 171 Å². The molecule has 5 rings (SSSR count). The van der Waals surface area contributed by atoms with Gasteiger partial charge in [0.25, 0.3) is 0 Å². The quantitative estimate of drug-likeness (QED) is 0.516. The number of nitrogens with one attached hydrogen (secondary N) is 1. The van der Waals surface area contributed by atoms with Crippen LogP contribution in [0.4, 0.5) is 0 Å². The number of carbonyl (C=O) groups excluding carboxylic acids is 1. The van der Waals surface area contributed by atoms with Crippen molar-refractivity contribution in [1.29, 1.82) is 0 Å². The summed E-state index contributed by atoms with van der Waals surface area (Å²) in [6.07, 6.45) is 3.48. The number of ether oxygens (including phenoxy) is 1. The molecule has 7 nitrogen and oxygen atoms in total. The molecular formula is C23H20N2O5. The monoisotopic (exact) mass is 404 g/mol. The second-order valence-corrected chi connectivity index (χ2v) is 7.57. The number of nitrogens with zero attached hydrogens (tertiary/aromatic N) is 1. The zero-order valence-corrected chi connectivity index (χ0v) is 16.7. The van der Waals surface area contributed by atoms with Crippen LogP contribution in [0, 0.1) is 0 Å². The van der Waals surface area contributed by atoms with Crippen LogP contribution in [-0.4, -0.2) is 21.4 Å². The Morgan fingerprint density at radius 3 is 2.67 bits per heavy atom. The van der Waals surface area contributed by atoms with Gasteiger partial charge in [-0.3, -0.25) is 9.78 Å². The van der Waals surface area contributed by atoms with Crippen molar-refractivity contribution in [2.45, 2.75) is 38.7 Å². The first-order valence-corrected chi connectivity index (χ1v) is 9.95. The summed E-state index contributed by atoms with van der Waals surface area (Å²) >= 11 is 0. The number of H-pyrrole nitrogens is 1. The zero-order valence-electron chi connectivity index (χ0n) is 16.7. The largest absolute Gasteiger partial charge is 0.486 e. The van der Waals surface area contributed by atoms with Gasteiger partial charge in [0.05, 0.1) is 17.5 Å². The van der Waals surface area contributed by atoms with Gasteiger partial charge in [0.2, 0.25) is 5.89 Å². The van der Waals surface area contributed by atoms with Crippen molar-refractivity contribution in [3.63, 3.8) is 0 Å². The molecule has 1 aliphatic rings. The fourth-order valence-corrected chi connectivity index (χ4v) is 3.92. The molecule has 152 valence electrons. The highest BCUT2D eigenvalue weighted by Gasteiger charge is 2.37. The van der Waals surface area contributed by atoms with E-state index in [2.05, 4.69) is 9.97 Å². The minimum atomic E-state index is -0.501. The lowest BCUT2D eigenvalue weighted by molar-refractivity contribution is 0.0350. The first-order chi connectivity index (χ1) is 14.5. The fraction of sp³-hybridized carbons (Fsp3) is 0.261. The molecule has 0 bridgehead atoms. The molecule has 0 saturated carbocycles. The average Bonchev–Trinajstić information content (AvgIpc) is 3.39. The van der Waals surface area contributed by atoms with E-state index in [1.54, 1.807) is 18.2 Å². The zero-order chi connectivity index (χ0) is 20.9. The van der Waals surface area contributed by atoms with Gasteiger partial charge in [-0.2, -0.15) is 0 Å². The maximum atomic E-state index is 12.8. The van der Waals surface area contributed by atoms with Gasteiger partial charge >= 0.3 is 5.76 Å². The summed E-state index contributed by atoms with van der Waals surface area (Å²) in [7, 11) is 0. The maximum absolute atomic E-state index is 12.8. The summed E-state index contributed by atoms with van der Waals surface area (Å²) in [5.41, 5.74) is 3.27. The maximum Gasteiger partial charge on any atom is 0.417 e. The molecule has 2 aromatic carbocycles. The third-order valence-corrected chi connectivity index (χ3v) is 5.85. The van der Waals surface area contributed by atoms with Crippen LogP contribution in [0.2, 0.25) is 0 Å². The lowest BCUT2D eigenvalue weighted by Crippen LogP contribution is -2.40. The smallest absolute Gasteiger partial charge is 0.417 e. The second kappa shape index (κ2) is 6.73. The molecule has 0 aliphatic carbocycles. The Morgan fingerprint density at radius 2 is 1.87 bits per heavy atom. The number of carbonyl (C=O) groups is 1. The number of hydrogen-bond acceptors (Lipinski definition) is 6. The van der Waals surface area contributed by atoms with Gasteiger partial charge in [-0.1, -0.05) is 19.9 Å². The molecule has 0 unspecified atom stereocenters. The van der Waals surface area contributed by atoms with Crippen LogP contribution < -0.4 is 10.5 Å². The molecule has 30 heavy (non-hydrogen) atoms. The van der Waals surface area contributed by atoms with Crippen molar-refractivity contribution in [1.82, 2.24) is 9.97 Å². The van der Waals surface area contributed by atoms with E-state index < -0.39 is 11.4 Å². The summed E-state index contributed by atoms with van der Waals surface area (Å²) in [6, 6.07) is 10.7. The average molecular weight is 404 g/mol. The first-order valence-electron chi connectivity index (χ1n) is 9.95. The Balaban J connectivity index is 1.49. The molecule has 1 N–H and O–H groups in total. The normalized spacial score (nSPS) is 15.2. The molecule has 0 fully saturated rings. The van der Waals surface area contributed by atoms with Gasteiger partial charge in [0.15, 0.2) is 11.4 Å². The number of Topliss-reactive ketones (excluding diaryl/α,β-unsaturated/α-hetero) is 1. The van der Waals surface area contributed by atoms with Crippen LogP contribution in [0.15, 0.2) is 56.3 Å². The second-order valence-electron chi connectivity index (χ2n) is 7.57. The van der Waals surface area contributed by atoms with Crippen molar-refractivity contribution in [3.05, 3.63) is 58.8 Å². The molecule has 0 amide bonds. The number of hydrogen-bond donors (Lipinski definition) is 1. The molecule has 0 atom stereocenters. The number of aromatic amines is 1. The van der Waals surface area contributed by atoms with Crippen LogP contribution in [0.5, 0.6) is 5.75 Å². The number of benzene rings is 2. The molecule has 2 aromatic heterocycles. The SMILES string of the molecule is CCC1(CC)CC(=O)c2cc(-c3nc(-c4ccc5[nH]c(=O)oc5c4)co3)ccc2O1. The van der Waals surface area contributed by atoms with Crippen molar-refractivity contribution in [2.24, 2.45) is 0 Å². The van der Waals surface area contributed by atoms with Crippen molar-refractivity contribution < 1.29 is 18.4 Å². The van der Waals surface area contributed by atoms with Crippen LogP contribution >= 0.6 is 0 Å². The Hall–Kier alpha value is -3.61. The van der Waals surface area contributed by atoms with Crippen molar-refractivity contribution in [2.75, 3.05) is 0 Å². The van der Waals surface area contributed by atoms with E-state index >= 15 is 0 Å². The first kappa shape index (κ1) is 18.4. The number of aromatic nitrogens is 2. The molecule has 0 radical (unpaired) electrons. The standard InChI is InChI=1S/C23H20N2O5/c1-3-23(4-2)11-18(26)15-9-14(6-8-19(15)30-23)21-24-17(12-28-21)13-5-7-16-20(10-13)29-22(27)25-16/h5-10,12H,3-4,11H2,1-2H3,(H,25,27).